The van der Waals surface area contributed by atoms with Gasteiger partial charge < -0.3 is 5.11 Å². The van der Waals surface area contributed by atoms with Crippen LogP contribution < -0.4 is 0 Å². The summed E-state index contributed by atoms with van der Waals surface area (Å²) in [4.78, 5) is 4.10. The number of aromatic nitrogens is 2. The molecular formula is C14H18ClN3O3S. The molecule has 2 atom stereocenters. The second kappa shape index (κ2) is 5.81. The topological polar surface area (TPSA) is 74.9 Å². The molecule has 1 saturated heterocycles. The Labute approximate surface area is 134 Å². The van der Waals surface area contributed by atoms with Gasteiger partial charge in [-0.25, -0.2) is 13.4 Å². The third kappa shape index (κ3) is 2.52. The summed E-state index contributed by atoms with van der Waals surface area (Å²) in [7, 11) is -3.83. The number of nitrogens with zero attached hydrogens (tertiary/aromatic N) is 3. The Morgan fingerprint density at radius 3 is 2.91 bits per heavy atom. The summed E-state index contributed by atoms with van der Waals surface area (Å²) in [6.45, 7) is 2.00. The molecule has 1 aliphatic heterocycles. The highest BCUT2D eigenvalue weighted by Gasteiger charge is 2.38. The number of rotatable bonds is 3. The van der Waals surface area contributed by atoms with Gasteiger partial charge in [0.1, 0.15) is 5.65 Å². The maximum atomic E-state index is 13.1. The van der Waals surface area contributed by atoms with Gasteiger partial charge in [0.25, 0.3) is 10.0 Å². The van der Waals surface area contributed by atoms with E-state index >= 15 is 0 Å². The van der Waals surface area contributed by atoms with Gasteiger partial charge in [-0.1, -0.05) is 24.1 Å². The van der Waals surface area contributed by atoms with Crippen molar-refractivity contribution < 1.29 is 13.5 Å². The van der Waals surface area contributed by atoms with Crippen molar-refractivity contribution in [3.8, 4) is 0 Å². The molecule has 22 heavy (non-hydrogen) atoms. The fourth-order valence-electron chi connectivity index (χ4n) is 3.00. The van der Waals surface area contributed by atoms with Crippen LogP contribution in [0.3, 0.4) is 0 Å². The summed E-state index contributed by atoms with van der Waals surface area (Å²) in [5, 5.41) is 9.86. The first kappa shape index (κ1) is 15.7. The number of aliphatic hydroxyl groups is 1. The van der Waals surface area contributed by atoms with Crippen LogP contribution in [0, 0.1) is 0 Å². The molecule has 8 heteroatoms. The zero-order chi connectivity index (χ0) is 15.9. The largest absolute Gasteiger partial charge is 0.392 e. The highest BCUT2D eigenvalue weighted by molar-refractivity contribution is 7.89. The van der Waals surface area contributed by atoms with Crippen LogP contribution in [0.4, 0.5) is 0 Å². The fourth-order valence-corrected chi connectivity index (χ4v) is 5.36. The molecule has 0 saturated carbocycles. The molecule has 1 aliphatic rings. The van der Waals surface area contributed by atoms with Crippen molar-refractivity contribution in [1.29, 1.82) is 0 Å². The SMILES string of the molecule is CC(O)C1CCCCN1S(=O)(=O)c1c(Cl)nc2ccccn12. The van der Waals surface area contributed by atoms with E-state index in [0.717, 1.165) is 12.8 Å². The fraction of sp³-hybridized carbons (Fsp3) is 0.500. The van der Waals surface area contributed by atoms with Gasteiger partial charge in [-0.2, -0.15) is 4.31 Å². The van der Waals surface area contributed by atoms with Crippen LogP contribution in [-0.2, 0) is 10.0 Å². The first-order valence-electron chi connectivity index (χ1n) is 7.25. The van der Waals surface area contributed by atoms with Gasteiger partial charge in [0.05, 0.1) is 12.1 Å². The van der Waals surface area contributed by atoms with E-state index in [4.69, 9.17) is 11.6 Å². The van der Waals surface area contributed by atoms with E-state index in [1.165, 1.54) is 8.71 Å². The third-order valence-corrected chi connectivity index (χ3v) is 6.38. The minimum Gasteiger partial charge on any atom is -0.392 e. The maximum Gasteiger partial charge on any atom is 0.262 e. The van der Waals surface area contributed by atoms with Crippen LogP contribution >= 0.6 is 11.6 Å². The number of imidazole rings is 1. The number of aliphatic hydroxyl groups excluding tert-OH is 1. The first-order valence-corrected chi connectivity index (χ1v) is 9.07. The summed E-state index contributed by atoms with van der Waals surface area (Å²) < 4.78 is 29.0. The van der Waals surface area contributed by atoms with Crippen molar-refractivity contribution in [1.82, 2.24) is 13.7 Å². The number of halogens is 1. The molecule has 2 aromatic rings. The molecule has 6 nitrogen and oxygen atoms in total. The van der Waals surface area contributed by atoms with Crippen LogP contribution in [0.15, 0.2) is 29.4 Å². The van der Waals surface area contributed by atoms with E-state index < -0.39 is 22.2 Å². The van der Waals surface area contributed by atoms with Gasteiger partial charge in [0.15, 0.2) is 10.2 Å². The normalized spacial score (nSPS) is 22.0. The van der Waals surface area contributed by atoms with Crippen molar-refractivity contribution in [3.63, 3.8) is 0 Å². The van der Waals surface area contributed by atoms with Gasteiger partial charge in [-0.3, -0.25) is 4.40 Å². The smallest absolute Gasteiger partial charge is 0.262 e. The zero-order valence-corrected chi connectivity index (χ0v) is 13.8. The predicted octanol–water partition coefficient (Wildman–Crippen LogP) is 1.91. The maximum absolute atomic E-state index is 13.1. The number of pyridine rings is 1. The van der Waals surface area contributed by atoms with Gasteiger partial charge in [0, 0.05) is 12.7 Å². The van der Waals surface area contributed by atoms with Crippen LogP contribution in [0.5, 0.6) is 0 Å². The zero-order valence-electron chi connectivity index (χ0n) is 12.2. The van der Waals surface area contributed by atoms with E-state index in [-0.39, 0.29) is 10.2 Å². The average Bonchev–Trinajstić information content (AvgIpc) is 2.83. The van der Waals surface area contributed by atoms with Gasteiger partial charge in [-0.05, 0) is 31.9 Å². The number of piperidine rings is 1. The molecule has 0 aliphatic carbocycles. The summed E-state index contributed by atoms with van der Waals surface area (Å²) in [5.74, 6) is 0. The van der Waals surface area contributed by atoms with Crippen LogP contribution in [-0.4, -0.2) is 45.9 Å². The number of hydrogen-bond acceptors (Lipinski definition) is 4. The lowest BCUT2D eigenvalue weighted by Gasteiger charge is -2.36. The molecule has 0 spiro atoms. The lowest BCUT2D eigenvalue weighted by atomic mass is 10.0. The van der Waals surface area contributed by atoms with Crippen LogP contribution in [0.25, 0.3) is 5.65 Å². The molecule has 1 N–H and O–H groups in total. The monoisotopic (exact) mass is 343 g/mol. The summed E-state index contributed by atoms with van der Waals surface area (Å²) >= 11 is 6.10. The Morgan fingerprint density at radius 2 is 2.18 bits per heavy atom. The standard InChI is InChI=1S/C14H18ClN3O3S/c1-10(19)11-6-2-5-9-18(11)22(20,21)14-13(15)16-12-7-3-4-8-17(12)14/h3-4,7-8,10-11,19H,2,5-6,9H2,1H3. The molecule has 0 bridgehead atoms. The van der Waals surface area contributed by atoms with Crippen molar-refractivity contribution >= 4 is 27.3 Å². The van der Waals surface area contributed by atoms with Crippen molar-refractivity contribution in [2.45, 2.75) is 43.4 Å². The van der Waals surface area contributed by atoms with Crippen molar-refractivity contribution in [3.05, 3.63) is 29.5 Å². The van der Waals surface area contributed by atoms with Crippen LogP contribution in [0.2, 0.25) is 5.15 Å². The quantitative estimate of drug-likeness (QED) is 0.923. The second-order valence-electron chi connectivity index (χ2n) is 5.56. The van der Waals surface area contributed by atoms with E-state index in [2.05, 4.69) is 4.98 Å². The Bertz CT molecular complexity index is 788. The highest BCUT2D eigenvalue weighted by atomic mass is 35.5. The number of hydrogen-bond donors (Lipinski definition) is 1. The molecule has 0 amide bonds. The first-order chi connectivity index (χ1) is 10.4. The lowest BCUT2D eigenvalue weighted by Crippen LogP contribution is -2.49. The second-order valence-corrected chi connectivity index (χ2v) is 7.72. The van der Waals surface area contributed by atoms with E-state index in [0.29, 0.717) is 18.6 Å². The minimum atomic E-state index is -3.83. The molecule has 2 aromatic heterocycles. The Morgan fingerprint density at radius 1 is 1.41 bits per heavy atom. The van der Waals surface area contributed by atoms with Gasteiger partial charge >= 0.3 is 0 Å². The average molecular weight is 344 g/mol. The lowest BCUT2D eigenvalue weighted by molar-refractivity contribution is 0.0829. The van der Waals surface area contributed by atoms with Crippen molar-refractivity contribution in [2.75, 3.05) is 6.54 Å². The van der Waals surface area contributed by atoms with Crippen molar-refractivity contribution in [2.24, 2.45) is 0 Å². The molecule has 1 fully saturated rings. The third-order valence-electron chi connectivity index (χ3n) is 4.05. The van der Waals surface area contributed by atoms with E-state index in [1.54, 1.807) is 31.3 Å². The number of sulfonamides is 1. The summed E-state index contributed by atoms with van der Waals surface area (Å²) in [6, 6.07) is 4.78. The van der Waals surface area contributed by atoms with Crippen LogP contribution in [0.1, 0.15) is 26.2 Å². The molecule has 3 heterocycles. The predicted molar refractivity (Wildman–Crippen MR) is 83.4 cm³/mol. The van der Waals surface area contributed by atoms with E-state index in [1.807, 2.05) is 0 Å². The highest BCUT2D eigenvalue weighted by Crippen LogP contribution is 2.31. The Hall–Kier alpha value is -1.15. The molecule has 0 radical (unpaired) electrons. The van der Waals surface area contributed by atoms with Gasteiger partial charge in [0.2, 0.25) is 0 Å². The van der Waals surface area contributed by atoms with E-state index in [9.17, 15) is 13.5 Å². The Balaban J connectivity index is 2.13. The summed E-state index contributed by atoms with van der Waals surface area (Å²) in [6.07, 6.45) is 3.22. The molecule has 0 aromatic carbocycles. The number of fused-ring (bicyclic) bond motifs is 1. The molecule has 2 unspecified atom stereocenters. The molecule has 120 valence electrons. The Kier molecular flexibility index (Phi) is 4.15. The molecule has 3 rings (SSSR count). The van der Waals surface area contributed by atoms with Gasteiger partial charge in [-0.15, -0.1) is 0 Å². The minimum absolute atomic E-state index is 0.0303. The summed E-state index contributed by atoms with van der Waals surface area (Å²) in [5.41, 5.74) is 0.483. The molecular weight excluding hydrogens is 326 g/mol.